The topological polar surface area (TPSA) is 63.7 Å². The molecule has 1 spiro atoms. The largest absolute Gasteiger partial charge is 0.417 e. The first-order chi connectivity index (χ1) is 12.7. The summed E-state index contributed by atoms with van der Waals surface area (Å²) in [6, 6.07) is -0.160. The summed E-state index contributed by atoms with van der Waals surface area (Å²) in [5, 5.41) is 0.152. The molecule has 5 nitrogen and oxygen atoms in total. The summed E-state index contributed by atoms with van der Waals surface area (Å²) in [5.74, 6) is 0.269. The number of hydrogen-bond donors (Lipinski definition) is 0. The van der Waals surface area contributed by atoms with E-state index in [-0.39, 0.29) is 33.6 Å². The third-order valence-electron chi connectivity index (χ3n) is 8.44. The van der Waals surface area contributed by atoms with Crippen molar-refractivity contribution in [3.05, 3.63) is 12.2 Å². The van der Waals surface area contributed by atoms with E-state index in [0.29, 0.717) is 18.9 Å². The Hall–Kier alpha value is -0.663. The smallest absolute Gasteiger partial charge is 0.260 e. The fourth-order valence-electron chi connectivity index (χ4n) is 5.44. The zero-order chi connectivity index (χ0) is 21.2. The van der Waals surface area contributed by atoms with Gasteiger partial charge >= 0.3 is 0 Å². The first-order valence-corrected chi connectivity index (χ1v) is 15.0. The number of rotatable bonds is 5. The molecule has 1 saturated heterocycles. The molecule has 3 rings (SSSR count). The molecule has 0 unspecified atom stereocenters. The van der Waals surface area contributed by atoms with Gasteiger partial charge in [0, 0.05) is 18.1 Å². The summed E-state index contributed by atoms with van der Waals surface area (Å²) in [6.45, 7) is 16.0. The highest BCUT2D eigenvalue weighted by Gasteiger charge is 2.72. The van der Waals surface area contributed by atoms with Gasteiger partial charge in [-0.1, -0.05) is 40.7 Å². The molecule has 1 heterocycles. The zero-order valence-electron chi connectivity index (χ0n) is 18.5. The molecule has 7 heteroatoms. The number of carbonyl (C=O) groups is 1. The average Bonchev–Trinajstić information content (AvgIpc) is 3.00. The SMILES string of the molecule is CC1(C)[C@@H]2CC[C@]13CS(=O)(=O)N(C(=O)/C=C\CCO[Si](C)(C)C(C)(C)C)[C@@H]3C2. The second-order valence-corrected chi connectivity index (χ2v) is 17.7. The van der Waals surface area contributed by atoms with Crippen LogP contribution in [0.5, 0.6) is 0 Å². The van der Waals surface area contributed by atoms with Crippen molar-refractivity contribution in [1.82, 2.24) is 4.31 Å². The predicted molar refractivity (Wildman–Crippen MR) is 115 cm³/mol. The third-order valence-corrected chi connectivity index (χ3v) is 14.9. The van der Waals surface area contributed by atoms with Crippen LogP contribution in [0, 0.1) is 16.7 Å². The zero-order valence-corrected chi connectivity index (χ0v) is 20.4. The van der Waals surface area contributed by atoms with Crippen LogP contribution < -0.4 is 0 Å². The quantitative estimate of drug-likeness (QED) is 0.372. The van der Waals surface area contributed by atoms with E-state index in [1.165, 1.54) is 10.4 Å². The summed E-state index contributed by atoms with van der Waals surface area (Å²) in [5.41, 5.74) is -0.272. The fourth-order valence-corrected chi connectivity index (χ4v) is 9.01. The Morgan fingerprint density at radius 3 is 2.50 bits per heavy atom. The van der Waals surface area contributed by atoms with Crippen molar-refractivity contribution >= 4 is 24.2 Å². The van der Waals surface area contributed by atoms with Gasteiger partial charge in [0.25, 0.3) is 5.91 Å². The molecule has 0 radical (unpaired) electrons. The van der Waals surface area contributed by atoms with E-state index in [4.69, 9.17) is 4.43 Å². The lowest BCUT2D eigenvalue weighted by atomic mass is 9.69. The molecule has 160 valence electrons. The molecular weight excluding hydrogens is 390 g/mol. The molecule has 1 amide bonds. The summed E-state index contributed by atoms with van der Waals surface area (Å²) >= 11 is 0. The number of amides is 1. The maximum Gasteiger partial charge on any atom is 0.260 e. The Morgan fingerprint density at radius 1 is 1.29 bits per heavy atom. The maximum atomic E-state index is 12.9. The Morgan fingerprint density at radius 2 is 1.93 bits per heavy atom. The number of fused-ring (bicyclic) bond motifs is 1. The Bertz CT molecular complexity index is 781. The van der Waals surface area contributed by atoms with E-state index in [9.17, 15) is 13.2 Å². The lowest BCUT2D eigenvalue weighted by Gasteiger charge is -2.36. The van der Waals surface area contributed by atoms with Crippen LogP contribution in [0.1, 0.15) is 60.3 Å². The van der Waals surface area contributed by atoms with Gasteiger partial charge in [-0.3, -0.25) is 4.79 Å². The van der Waals surface area contributed by atoms with E-state index in [2.05, 4.69) is 47.7 Å². The first kappa shape index (κ1) is 22.0. The molecule has 3 atom stereocenters. The number of sulfonamides is 1. The van der Waals surface area contributed by atoms with Crippen LogP contribution in [0.2, 0.25) is 18.1 Å². The van der Waals surface area contributed by atoms with E-state index < -0.39 is 18.3 Å². The highest BCUT2D eigenvalue weighted by molar-refractivity contribution is 7.90. The van der Waals surface area contributed by atoms with Crippen molar-refractivity contribution in [3.63, 3.8) is 0 Å². The molecule has 1 aliphatic heterocycles. The number of nitrogens with zero attached hydrogens (tertiary/aromatic N) is 1. The van der Waals surface area contributed by atoms with Crippen LogP contribution in [-0.4, -0.2) is 45.3 Å². The van der Waals surface area contributed by atoms with Crippen LogP contribution >= 0.6 is 0 Å². The number of hydrogen-bond acceptors (Lipinski definition) is 4. The minimum Gasteiger partial charge on any atom is -0.417 e. The van der Waals surface area contributed by atoms with Crippen molar-refractivity contribution in [2.75, 3.05) is 12.4 Å². The van der Waals surface area contributed by atoms with E-state index >= 15 is 0 Å². The van der Waals surface area contributed by atoms with Crippen molar-refractivity contribution in [2.45, 2.75) is 84.5 Å². The highest BCUT2D eigenvalue weighted by Crippen LogP contribution is 2.69. The molecule has 28 heavy (non-hydrogen) atoms. The van der Waals surface area contributed by atoms with E-state index in [1.54, 1.807) is 6.08 Å². The minimum atomic E-state index is -3.54. The average molecular weight is 428 g/mol. The van der Waals surface area contributed by atoms with Crippen LogP contribution in [0.3, 0.4) is 0 Å². The Labute approximate surface area is 172 Å². The maximum absolute atomic E-state index is 12.9. The lowest BCUT2D eigenvalue weighted by Crippen LogP contribution is -2.43. The summed E-state index contributed by atoms with van der Waals surface area (Å²) in [7, 11) is -5.34. The molecule has 0 N–H and O–H groups in total. The molecule has 0 aromatic heterocycles. The molecule has 2 aliphatic carbocycles. The minimum absolute atomic E-state index is 0.0134. The van der Waals surface area contributed by atoms with Gasteiger partial charge in [0.05, 0.1) is 11.8 Å². The third kappa shape index (κ3) is 3.21. The summed E-state index contributed by atoms with van der Waals surface area (Å²) < 4.78 is 33.1. The predicted octanol–water partition coefficient (Wildman–Crippen LogP) is 4.32. The normalized spacial score (nSPS) is 33.6. The van der Waals surface area contributed by atoms with Gasteiger partial charge in [0.15, 0.2) is 8.32 Å². The number of carbonyl (C=O) groups excluding carboxylic acids is 1. The van der Waals surface area contributed by atoms with Gasteiger partial charge in [0.1, 0.15) is 0 Å². The molecule has 0 aromatic rings. The fraction of sp³-hybridized carbons (Fsp3) is 0.857. The summed E-state index contributed by atoms with van der Waals surface area (Å²) in [4.78, 5) is 12.8. The van der Waals surface area contributed by atoms with Gasteiger partial charge in [-0.15, -0.1) is 0 Å². The van der Waals surface area contributed by atoms with Gasteiger partial charge < -0.3 is 4.43 Å². The standard InChI is InChI=1S/C21H37NO4SSi/c1-19(2,3)28(6,7)26-13-9-8-10-18(23)22-17-14-16-11-12-21(17,20(16,4)5)15-27(22,24)25/h8,10,16-17H,9,11-15H2,1-7H3/b10-8-/t16-,17-,21-/m1/s1. The molecule has 2 saturated carbocycles. The van der Waals surface area contributed by atoms with Crippen molar-refractivity contribution in [1.29, 1.82) is 0 Å². The Balaban J connectivity index is 1.65. The van der Waals surface area contributed by atoms with Gasteiger partial charge in [-0.05, 0) is 55.1 Å². The second kappa shape index (κ2) is 6.67. The van der Waals surface area contributed by atoms with Crippen LogP contribution in [0.4, 0.5) is 0 Å². The van der Waals surface area contributed by atoms with Crippen LogP contribution in [0.25, 0.3) is 0 Å². The first-order valence-electron chi connectivity index (χ1n) is 10.5. The van der Waals surface area contributed by atoms with Crippen LogP contribution in [-0.2, 0) is 19.2 Å². The molecule has 2 bridgehead atoms. The monoisotopic (exact) mass is 427 g/mol. The van der Waals surface area contributed by atoms with Crippen molar-refractivity contribution in [3.8, 4) is 0 Å². The van der Waals surface area contributed by atoms with Gasteiger partial charge in [-0.2, -0.15) is 0 Å². The highest BCUT2D eigenvalue weighted by atomic mass is 32.2. The van der Waals surface area contributed by atoms with Crippen molar-refractivity contribution < 1.29 is 17.6 Å². The molecule has 0 aromatic carbocycles. The van der Waals surface area contributed by atoms with Crippen molar-refractivity contribution in [2.24, 2.45) is 16.7 Å². The molecule has 3 fully saturated rings. The molecule has 3 aliphatic rings. The molecular formula is C21H37NO4SSi. The lowest BCUT2D eigenvalue weighted by molar-refractivity contribution is -0.124. The summed E-state index contributed by atoms with van der Waals surface area (Å²) in [6.07, 6.45) is 6.67. The van der Waals surface area contributed by atoms with Gasteiger partial charge in [0.2, 0.25) is 10.0 Å². The Kier molecular flexibility index (Phi) is 5.25. The van der Waals surface area contributed by atoms with E-state index in [1.807, 2.05) is 0 Å². The van der Waals surface area contributed by atoms with E-state index in [0.717, 1.165) is 19.3 Å². The van der Waals surface area contributed by atoms with Crippen LogP contribution in [0.15, 0.2) is 12.2 Å². The second-order valence-electron chi connectivity index (χ2n) is 11.1. The van der Waals surface area contributed by atoms with Gasteiger partial charge in [-0.25, -0.2) is 12.7 Å².